The van der Waals surface area contributed by atoms with Gasteiger partial charge in [0.2, 0.25) is 0 Å². The number of benzene rings is 1. The molecule has 0 N–H and O–H groups in total. The molecule has 1 heterocycles. The summed E-state index contributed by atoms with van der Waals surface area (Å²) in [6.07, 6.45) is 1.51. The number of esters is 1. The van der Waals surface area contributed by atoms with Crippen LogP contribution in [0, 0.1) is 5.92 Å². The number of hydrogen-bond acceptors (Lipinski definition) is 5. The van der Waals surface area contributed by atoms with Crippen LogP contribution in [0.2, 0.25) is 5.02 Å². The first-order chi connectivity index (χ1) is 10.1. The fourth-order valence-corrected chi connectivity index (χ4v) is 2.41. The highest BCUT2D eigenvalue weighted by molar-refractivity contribution is 6.31. The summed E-state index contributed by atoms with van der Waals surface area (Å²) in [6.45, 7) is 5.14. The molecule has 0 aliphatic heterocycles. The summed E-state index contributed by atoms with van der Waals surface area (Å²) in [5.41, 5.74) is 0.789. The first-order valence-electron chi connectivity index (χ1n) is 6.79. The molecule has 0 fully saturated rings. The van der Waals surface area contributed by atoms with Gasteiger partial charge in [0.25, 0.3) is 0 Å². The third-order valence-electron chi connectivity index (χ3n) is 3.36. The number of carbonyl (C=O) groups is 1. The Morgan fingerprint density at radius 2 is 2.19 bits per heavy atom. The molecule has 5 nitrogen and oxygen atoms in total. The van der Waals surface area contributed by atoms with Crippen LogP contribution in [-0.2, 0) is 9.53 Å². The zero-order chi connectivity index (χ0) is 15.4. The Morgan fingerprint density at radius 3 is 2.86 bits per heavy atom. The lowest BCUT2D eigenvalue weighted by Gasteiger charge is -2.25. The standard InChI is InChI=1S/C15H18ClN3O2/c1-4-19(8-10(2)15(20)21-3)14-12-6-5-11(16)7-13(12)17-9-18-14/h5-7,9-10H,4,8H2,1-3H3. The lowest BCUT2D eigenvalue weighted by atomic mass is 10.1. The number of hydrogen-bond donors (Lipinski definition) is 0. The summed E-state index contributed by atoms with van der Waals surface area (Å²) in [5.74, 6) is 0.344. The Hall–Kier alpha value is -1.88. The molecule has 1 unspecified atom stereocenters. The van der Waals surface area contributed by atoms with E-state index in [1.54, 1.807) is 6.07 Å². The minimum Gasteiger partial charge on any atom is -0.469 e. The van der Waals surface area contributed by atoms with Crippen molar-refractivity contribution in [3.63, 3.8) is 0 Å². The van der Waals surface area contributed by atoms with E-state index in [0.29, 0.717) is 11.6 Å². The molecule has 0 aliphatic carbocycles. The molecule has 21 heavy (non-hydrogen) atoms. The quantitative estimate of drug-likeness (QED) is 0.795. The van der Waals surface area contributed by atoms with Crippen LogP contribution in [0.5, 0.6) is 0 Å². The van der Waals surface area contributed by atoms with E-state index in [2.05, 4.69) is 9.97 Å². The molecule has 0 aliphatic rings. The van der Waals surface area contributed by atoms with Crippen molar-refractivity contribution in [2.45, 2.75) is 13.8 Å². The van der Waals surface area contributed by atoms with Gasteiger partial charge in [0.05, 0.1) is 18.5 Å². The summed E-state index contributed by atoms with van der Waals surface area (Å²) < 4.78 is 4.78. The van der Waals surface area contributed by atoms with Gasteiger partial charge >= 0.3 is 5.97 Å². The van der Waals surface area contributed by atoms with E-state index in [4.69, 9.17) is 16.3 Å². The van der Waals surface area contributed by atoms with E-state index in [9.17, 15) is 4.79 Å². The Bertz CT molecular complexity index is 648. The summed E-state index contributed by atoms with van der Waals surface area (Å²) in [6, 6.07) is 5.52. The van der Waals surface area contributed by atoms with Gasteiger partial charge in [0, 0.05) is 23.5 Å². The maximum absolute atomic E-state index is 11.6. The second kappa shape index (κ2) is 6.72. The largest absolute Gasteiger partial charge is 0.469 e. The molecule has 0 spiro atoms. The molecular formula is C15H18ClN3O2. The number of fused-ring (bicyclic) bond motifs is 1. The number of nitrogens with zero attached hydrogens (tertiary/aromatic N) is 3. The first kappa shape index (κ1) is 15.5. The van der Waals surface area contributed by atoms with Gasteiger partial charge in [-0.05, 0) is 25.1 Å². The second-order valence-corrected chi connectivity index (χ2v) is 5.26. The average Bonchev–Trinajstić information content (AvgIpc) is 2.50. The number of anilines is 1. The average molecular weight is 308 g/mol. The van der Waals surface area contributed by atoms with Crippen molar-refractivity contribution in [3.05, 3.63) is 29.5 Å². The first-order valence-corrected chi connectivity index (χ1v) is 7.17. The molecule has 1 aromatic carbocycles. The molecular weight excluding hydrogens is 290 g/mol. The van der Waals surface area contributed by atoms with E-state index in [0.717, 1.165) is 23.3 Å². The van der Waals surface area contributed by atoms with Crippen LogP contribution in [-0.4, -0.2) is 36.1 Å². The summed E-state index contributed by atoms with van der Waals surface area (Å²) in [4.78, 5) is 22.2. The molecule has 0 radical (unpaired) electrons. The van der Waals surface area contributed by atoms with E-state index >= 15 is 0 Å². The highest BCUT2D eigenvalue weighted by Gasteiger charge is 2.19. The third-order valence-corrected chi connectivity index (χ3v) is 3.59. The Kier molecular flexibility index (Phi) is 4.96. The predicted octanol–water partition coefficient (Wildman–Crippen LogP) is 2.92. The molecule has 0 saturated heterocycles. The van der Waals surface area contributed by atoms with Crippen molar-refractivity contribution in [2.75, 3.05) is 25.1 Å². The molecule has 0 amide bonds. The van der Waals surface area contributed by atoms with Crippen LogP contribution in [0.1, 0.15) is 13.8 Å². The fourth-order valence-electron chi connectivity index (χ4n) is 2.24. The molecule has 1 atom stereocenters. The Morgan fingerprint density at radius 1 is 1.43 bits per heavy atom. The minimum absolute atomic E-state index is 0.227. The topological polar surface area (TPSA) is 55.3 Å². The SMILES string of the molecule is CCN(CC(C)C(=O)OC)c1ncnc2cc(Cl)ccc12. The molecule has 2 aromatic rings. The third kappa shape index (κ3) is 3.42. The number of aromatic nitrogens is 2. The van der Waals surface area contributed by atoms with Crippen molar-refractivity contribution in [2.24, 2.45) is 5.92 Å². The van der Waals surface area contributed by atoms with Crippen molar-refractivity contribution < 1.29 is 9.53 Å². The van der Waals surface area contributed by atoms with Gasteiger partial charge in [0.1, 0.15) is 12.1 Å². The molecule has 1 aromatic heterocycles. The number of ether oxygens (including phenoxy) is 1. The highest BCUT2D eigenvalue weighted by atomic mass is 35.5. The van der Waals surface area contributed by atoms with Crippen LogP contribution >= 0.6 is 11.6 Å². The highest BCUT2D eigenvalue weighted by Crippen LogP contribution is 2.25. The smallest absolute Gasteiger partial charge is 0.310 e. The van der Waals surface area contributed by atoms with Crippen LogP contribution < -0.4 is 4.90 Å². The summed E-state index contributed by atoms with van der Waals surface area (Å²) >= 11 is 5.99. The molecule has 6 heteroatoms. The normalized spacial score (nSPS) is 12.2. The summed E-state index contributed by atoms with van der Waals surface area (Å²) in [5, 5.41) is 1.55. The Balaban J connectivity index is 2.36. The minimum atomic E-state index is -0.229. The van der Waals surface area contributed by atoms with Gasteiger partial charge in [-0.2, -0.15) is 0 Å². The van der Waals surface area contributed by atoms with Gasteiger partial charge in [-0.25, -0.2) is 9.97 Å². The van der Waals surface area contributed by atoms with Crippen molar-refractivity contribution >= 4 is 34.3 Å². The number of carbonyl (C=O) groups excluding carboxylic acids is 1. The number of methoxy groups -OCH3 is 1. The number of halogens is 1. The van der Waals surface area contributed by atoms with Crippen molar-refractivity contribution in [1.82, 2.24) is 9.97 Å². The van der Waals surface area contributed by atoms with Gasteiger partial charge in [-0.3, -0.25) is 4.79 Å². The van der Waals surface area contributed by atoms with Crippen molar-refractivity contribution in [3.8, 4) is 0 Å². The van der Waals surface area contributed by atoms with E-state index in [-0.39, 0.29) is 11.9 Å². The van der Waals surface area contributed by atoms with Crippen LogP contribution in [0.15, 0.2) is 24.5 Å². The summed E-state index contributed by atoms with van der Waals surface area (Å²) in [7, 11) is 1.40. The van der Waals surface area contributed by atoms with Gasteiger partial charge in [-0.15, -0.1) is 0 Å². The maximum Gasteiger partial charge on any atom is 0.310 e. The lowest BCUT2D eigenvalue weighted by molar-refractivity contribution is -0.144. The predicted molar refractivity (Wildman–Crippen MR) is 83.6 cm³/mol. The van der Waals surface area contributed by atoms with E-state index < -0.39 is 0 Å². The molecule has 2 rings (SSSR count). The maximum atomic E-state index is 11.6. The zero-order valence-corrected chi connectivity index (χ0v) is 13.1. The fraction of sp³-hybridized carbons (Fsp3) is 0.400. The van der Waals surface area contributed by atoms with Gasteiger partial charge < -0.3 is 9.64 Å². The zero-order valence-electron chi connectivity index (χ0n) is 12.3. The second-order valence-electron chi connectivity index (χ2n) is 4.82. The van der Waals surface area contributed by atoms with Crippen LogP contribution in [0.3, 0.4) is 0 Å². The lowest BCUT2D eigenvalue weighted by Crippen LogP contribution is -2.33. The molecule has 0 saturated carbocycles. The van der Waals surface area contributed by atoms with Crippen LogP contribution in [0.25, 0.3) is 10.9 Å². The van der Waals surface area contributed by atoms with Gasteiger partial charge in [-0.1, -0.05) is 18.5 Å². The van der Waals surface area contributed by atoms with Crippen molar-refractivity contribution in [1.29, 1.82) is 0 Å². The molecule has 0 bridgehead atoms. The van der Waals surface area contributed by atoms with E-state index in [1.165, 1.54) is 13.4 Å². The van der Waals surface area contributed by atoms with E-state index in [1.807, 2.05) is 30.9 Å². The number of rotatable bonds is 5. The molecule has 112 valence electrons. The van der Waals surface area contributed by atoms with Crippen LogP contribution in [0.4, 0.5) is 5.82 Å². The Labute approximate surface area is 128 Å². The monoisotopic (exact) mass is 307 g/mol. The van der Waals surface area contributed by atoms with Gasteiger partial charge in [0.15, 0.2) is 0 Å².